The Morgan fingerprint density at radius 3 is 2.52 bits per heavy atom. The molecule has 114 valence electrons. The molecule has 2 amide bonds. The number of anilines is 1. The van der Waals surface area contributed by atoms with Crippen molar-refractivity contribution < 1.29 is 23.5 Å². The first-order valence-corrected chi connectivity index (χ1v) is 6.66. The number of hydrogen-bond donors (Lipinski definition) is 3. The highest BCUT2D eigenvalue weighted by molar-refractivity contribution is 5.90. The van der Waals surface area contributed by atoms with Gasteiger partial charge in [-0.2, -0.15) is 0 Å². The van der Waals surface area contributed by atoms with E-state index in [0.717, 1.165) is 31.0 Å². The van der Waals surface area contributed by atoms with E-state index in [1.165, 1.54) is 0 Å². The number of urea groups is 1. The molecule has 0 atom stereocenters. The molecule has 1 aromatic carbocycles. The maximum atomic E-state index is 13.4. The normalized spacial score (nSPS) is 16.5. The van der Waals surface area contributed by atoms with Crippen molar-refractivity contribution >= 4 is 17.7 Å². The third-order valence-electron chi connectivity index (χ3n) is 3.61. The summed E-state index contributed by atoms with van der Waals surface area (Å²) in [5.74, 6) is -2.44. The zero-order chi connectivity index (χ0) is 15.5. The largest absolute Gasteiger partial charge is 0.481 e. The van der Waals surface area contributed by atoms with Crippen molar-refractivity contribution in [2.75, 3.05) is 5.32 Å². The van der Waals surface area contributed by atoms with Gasteiger partial charge in [-0.15, -0.1) is 0 Å². The summed E-state index contributed by atoms with van der Waals surface area (Å²) >= 11 is 0. The molecule has 0 bridgehead atoms. The number of carboxylic acid groups (broad SMARTS) is 1. The number of nitrogens with one attached hydrogen (secondary N) is 2. The zero-order valence-corrected chi connectivity index (χ0v) is 11.3. The van der Waals surface area contributed by atoms with E-state index in [4.69, 9.17) is 5.11 Å². The van der Waals surface area contributed by atoms with Crippen molar-refractivity contribution in [1.82, 2.24) is 5.32 Å². The Balaban J connectivity index is 2.06. The Hall–Kier alpha value is -2.18. The summed E-state index contributed by atoms with van der Waals surface area (Å²) in [5.41, 5.74) is -1.10. The molecule has 0 heterocycles. The summed E-state index contributed by atoms with van der Waals surface area (Å²) in [4.78, 5) is 22.8. The molecule has 0 radical (unpaired) electrons. The average molecular weight is 298 g/mol. The number of carbonyl (C=O) groups excluding carboxylic acids is 1. The van der Waals surface area contributed by atoms with Gasteiger partial charge in [0.05, 0.1) is 17.6 Å². The fourth-order valence-electron chi connectivity index (χ4n) is 2.67. The van der Waals surface area contributed by atoms with E-state index in [2.05, 4.69) is 10.6 Å². The molecule has 1 fully saturated rings. The van der Waals surface area contributed by atoms with Gasteiger partial charge in [-0.1, -0.05) is 12.8 Å². The fourth-order valence-corrected chi connectivity index (χ4v) is 2.67. The Bertz CT molecular complexity index is 557. The minimum atomic E-state index is -1.01. The smallest absolute Gasteiger partial charge is 0.319 e. The van der Waals surface area contributed by atoms with E-state index in [-0.39, 0.29) is 12.1 Å². The van der Waals surface area contributed by atoms with Crippen molar-refractivity contribution in [2.45, 2.75) is 37.6 Å². The van der Waals surface area contributed by atoms with Crippen LogP contribution < -0.4 is 10.6 Å². The van der Waals surface area contributed by atoms with Crippen LogP contribution in [-0.4, -0.2) is 22.6 Å². The maximum absolute atomic E-state index is 13.4. The van der Waals surface area contributed by atoms with Crippen molar-refractivity contribution in [3.05, 3.63) is 29.8 Å². The lowest BCUT2D eigenvalue weighted by molar-refractivity contribution is -0.138. The van der Waals surface area contributed by atoms with Gasteiger partial charge in [0.25, 0.3) is 0 Å². The van der Waals surface area contributed by atoms with Crippen LogP contribution in [0.2, 0.25) is 0 Å². The first kappa shape index (κ1) is 15.2. The predicted octanol–water partition coefficient (Wildman–Crippen LogP) is 2.87. The molecular formula is C14H16F2N2O3. The van der Waals surface area contributed by atoms with Gasteiger partial charge < -0.3 is 15.7 Å². The molecule has 2 rings (SSSR count). The van der Waals surface area contributed by atoms with Crippen LogP contribution in [0.5, 0.6) is 0 Å². The monoisotopic (exact) mass is 298 g/mol. The summed E-state index contributed by atoms with van der Waals surface area (Å²) in [6.07, 6.45) is 2.56. The van der Waals surface area contributed by atoms with Crippen molar-refractivity contribution in [3.8, 4) is 0 Å². The molecule has 0 unspecified atom stereocenters. The van der Waals surface area contributed by atoms with E-state index < -0.39 is 29.2 Å². The second-order valence-corrected chi connectivity index (χ2v) is 5.26. The number of rotatable bonds is 4. The van der Waals surface area contributed by atoms with Gasteiger partial charge in [0.2, 0.25) is 0 Å². The van der Waals surface area contributed by atoms with Gasteiger partial charge in [0.1, 0.15) is 11.6 Å². The van der Waals surface area contributed by atoms with Crippen molar-refractivity contribution in [1.29, 1.82) is 0 Å². The number of halogens is 2. The fraction of sp³-hybridized carbons (Fsp3) is 0.429. The summed E-state index contributed by atoms with van der Waals surface area (Å²) in [6.45, 7) is 0. The number of amides is 2. The van der Waals surface area contributed by atoms with Crippen LogP contribution >= 0.6 is 0 Å². The van der Waals surface area contributed by atoms with Crippen LogP contribution in [0.1, 0.15) is 32.1 Å². The Kier molecular flexibility index (Phi) is 4.40. The zero-order valence-electron chi connectivity index (χ0n) is 11.3. The lowest BCUT2D eigenvalue weighted by Gasteiger charge is -2.28. The highest BCUT2D eigenvalue weighted by Crippen LogP contribution is 2.32. The molecule has 0 aromatic heterocycles. The second-order valence-electron chi connectivity index (χ2n) is 5.26. The molecular weight excluding hydrogens is 282 g/mol. The molecule has 3 N–H and O–H groups in total. The molecule has 0 spiro atoms. The first-order valence-electron chi connectivity index (χ1n) is 6.66. The van der Waals surface area contributed by atoms with E-state index >= 15 is 0 Å². The third-order valence-corrected chi connectivity index (χ3v) is 3.61. The molecule has 1 saturated carbocycles. The molecule has 5 nitrogen and oxygen atoms in total. The Morgan fingerprint density at radius 2 is 1.90 bits per heavy atom. The predicted molar refractivity (Wildman–Crippen MR) is 72.0 cm³/mol. The molecule has 7 heteroatoms. The van der Waals surface area contributed by atoms with Gasteiger partial charge in [-0.25, -0.2) is 13.6 Å². The number of hydrogen-bond acceptors (Lipinski definition) is 2. The molecule has 0 aliphatic heterocycles. The Morgan fingerprint density at radius 1 is 1.24 bits per heavy atom. The Labute approximate surface area is 120 Å². The molecule has 1 aliphatic carbocycles. The first-order chi connectivity index (χ1) is 9.90. The van der Waals surface area contributed by atoms with Crippen molar-refractivity contribution in [3.63, 3.8) is 0 Å². The summed E-state index contributed by atoms with van der Waals surface area (Å²) in [6, 6.07) is 1.99. The lowest BCUT2D eigenvalue weighted by atomic mass is 9.93. The number of carboxylic acids is 1. The topological polar surface area (TPSA) is 78.4 Å². The summed E-state index contributed by atoms with van der Waals surface area (Å²) in [7, 11) is 0. The van der Waals surface area contributed by atoms with Gasteiger partial charge in [-0.3, -0.25) is 4.79 Å². The quantitative estimate of drug-likeness (QED) is 0.799. The minimum Gasteiger partial charge on any atom is -0.481 e. The molecule has 1 aromatic rings. The molecule has 0 saturated heterocycles. The van der Waals surface area contributed by atoms with E-state index in [1.54, 1.807) is 0 Å². The highest BCUT2D eigenvalue weighted by Gasteiger charge is 2.37. The van der Waals surface area contributed by atoms with E-state index in [1.807, 2.05) is 0 Å². The van der Waals surface area contributed by atoms with Crippen LogP contribution in [-0.2, 0) is 4.79 Å². The van der Waals surface area contributed by atoms with Crippen LogP contribution in [0.3, 0.4) is 0 Å². The summed E-state index contributed by atoms with van der Waals surface area (Å²) in [5, 5.41) is 13.8. The number of benzene rings is 1. The molecule has 21 heavy (non-hydrogen) atoms. The minimum absolute atomic E-state index is 0.188. The van der Waals surface area contributed by atoms with Gasteiger partial charge in [-0.05, 0) is 25.0 Å². The second kappa shape index (κ2) is 6.07. The van der Waals surface area contributed by atoms with Crippen LogP contribution in [0, 0.1) is 11.6 Å². The highest BCUT2D eigenvalue weighted by atomic mass is 19.1. The lowest BCUT2D eigenvalue weighted by Crippen LogP contribution is -2.49. The van der Waals surface area contributed by atoms with Crippen LogP contribution in [0.25, 0.3) is 0 Å². The maximum Gasteiger partial charge on any atom is 0.319 e. The van der Waals surface area contributed by atoms with Crippen LogP contribution in [0.15, 0.2) is 18.2 Å². The third kappa shape index (κ3) is 3.90. The van der Waals surface area contributed by atoms with Gasteiger partial charge >= 0.3 is 12.0 Å². The number of aliphatic carboxylic acids is 1. The molecule has 1 aliphatic rings. The van der Waals surface area contributed by atoms with E-state index in [0.29, 0.717) is 12.8 Å². The standard InChI is InChI=1S/C14H16F2N2O3/c15-9-3-4-10(16)11(7-9)17-13(21)18-14(8-12(19)20)5-1-2-6-14/h3-4,7H,1-2,5-6,8H2,(H,19,20)(H2,17,18,21). The average Bonchev–Trinajstić information content (AvgIpc) is 2.80. The van der Waals surface area contributed by atoms with Crippen molar-refractivity contribution in [2.24, 2.45) is 0 Å². The van der Waals surface area contributed by atoms with Gasteiger partial charge in [0.15, 0.2) is 0 Å². The van der Waals surface area contributed by atoms with Crippen LogP contribution in [0.4, 0.5) is 19.3 Å². The SMILES string of the molecule is O=C(O)CC1(NC(=O)Nc2cc(F)ccc2F)CCCC1. The van der Waals surface area contributed by atoms with E-state index in [9.17, 15) is 18.4 Å². The van der Waals surface area contributed by atoms with Gasteiger partial charge in [0, 0.05) is 6.07 Å². The summed E-state index contributed by atoms with van der Waals surface area (Å²) < 4.78 is 26.5. The number of carbonyl (C=O) groups is 2.